The first-order valence-electron chi connectivity index (χ1n) is 7.06. The van der Waals surface area contributed by atoms with Gasteiger partial charge in [-0.1, -0.05) is 42.5 Å². The van der Waals surface area contributed by atoms with E-state index in [1.165, 1.54) is 5.56 Å². The second-order valence-corrected chi connectivity index (χ2v) is 5.08. The third-order valence-electron chi connectivity index (χ3n) is 3.35. The lowest BCUT2D eigenvalue weighted by molar-refractivity contribution is -0.437. The van der Waals surface area contributed by atoms with Gasteiger partial charge in [0.2, 0.25) is 0 Å². The van der Waals surface area contributed by atoms with Crippen LogP contribution in [0, 0.1) is 0 Å². The summed E-state index contributed by atoms with van der Waals surface area (Å²) in [4.78, 5) is 10.7. The largest absolute Gasteiger partial charge is 0.544 e. The summed E-state index contributed by atoms with van der Waals surface area (Å²) in [6, 6.07) is 17.4. The number of carboxylic acids is 1. The average molecular weight is 284 g/mol. The van der Waals surface area contributed by atoms with Crippen LogP contribution in [0.2, 0.25) is 0 Å². The standard InChI is InChI=1S/C17H20N2O2/c18-16(17(20)21)12-14-6-8-15(9-7-14)19-11-10-13-4-2-1-3-5-13/h1-9,16,19H,10-12,18H2,(H,20,21)/t16-/m0/s1. The van der Waals surface area contributed by atoms with Crippen LogP contribution in [0.4, 0.5) is 5.69 Å². The summed E-state index contributed by atoms with van der Waals surface area (Å²) in [5.41, 5.74) is 6.85. The molecule has 0 bridgehead atoms. The highest BCUT2D eigenvalue weighted by Gasteiger charge is 2.08. The Morgan fingerprint density at radius 1 is 1.05 bits per heavy atom. The van der Waals surface area contributed by atoms with E-state index in [0.717, 1.165) is 24.2 Å². The van der Waals surface area contributed by atoms with E-state index in [4.69, 9.17) is 0 Å². The van der Waals surface area contributed by atoms with Crippen molar-refractivity contribution in [2.75, 3.05) is 11.9 Å². The smallest absolute Gasteiger partial charge is 0.129 e. The van der Waals surface area contributed by atoms with Crippen molar-refractivity contribution in [3.8, 4) is 0 Å². The molecule has 2 aromatic rings. The molecule has 4 heteroatoms. The minimum Gasteiger partial charge on any atom is -0.544 e. The van der Waals surface area contributed by atoms with Crippen molar-refractivity contribution in [2.45, 2.75) is 18.9 Å². The molecular weight excluding hydrogens is 264 g/mol. The fraction of sp³-hybridized carbons (Fsp3) is 0.235. The molecule has 2 rings (SSSR count). The molecule has 1 atom stereocenters. The molecular formula is C17H20N2O2. The Hall–Kier alpha value is -2.33. The van der Waals surface area contributed by atoms with Gasteiger partial charge in [0.05, 0.1) is 5.97 Å². The zero-order chi connectivity index (χ0) is 15.1. The van der Waals surface area contributed by atoms with E-state index in [1.54, 1.807) is 0 Å². The lowest BCUT2D eigenvalue weighted by Crippen LogP contribution is -2.69. The molecule has 0 aromatic heterocycles. The van der Waals surface area contributed by atoms with E-state index in [2.05, 4.69) is 23.2 Å². The molecule has 0 saturated heterocycles. The van der Waals surface area contributed by atoms with Gasteiger partial charge in [0.15, 0.2) is 0 Å². The van der Waals surface area contributed by atoms with Gasteiger partial charge in [0.1, 0.15) is 6.04 Å². The SMILES string of the molecule is [NH3+][C@@H](Cc1ccc(NCCc2ccccc2)cc1)C(=O)[O-]. The maximum Gasteiger partial charge on any atom is 0.129 e. The maximum absolute atomic E-state index is 10.7. The number of nitrogens with one attached hydrogen (secondary N) is 1. The van der Waals surface area contributed by atoms with Crippen LogP contribution >= 0.6 is 0 Å². The number of benzene rings is 2. The van der Waals surface area contributed by atoms with Gasteiger partial charge in [-0.05, 0) is 29.7 Å². The zero-order valence-corrected chi connectivity index (χ0v) is 11.9. The first-order valence-corrected chi connectivity index (χ1v) is 7.06. The van der Waals surface area contributed by atoms with Gasteiger partial charge in [0, 0.05) is 18.7 Å². The van der Waals surface area contributed by atoms with Crippen LogP contribution < -0.4 is 16.2 Å². The summed E-state index contributed by atoms with van der Waals surface area (Å²) in [6.07, 6.45) is 1.36. The van der Waals surface area contributed by atoms with E-state index in [0.29, 0.717) is 6.42 Å². The molecule has 0 aliphatic rings. The molecule has 2 aromatic carbocycles. The highest BCUT2D eigenvalue weighted by Crippen LogP contribution is 2.11. The van der Waals surface area contributed by atoms with Crippen LogP contribution in [0.15, 0.2) is 54.6 Å². The second kappa shape index (κ2) is 7.45. The first kappa shape index (κ1) is 15.1. The number of rotatable bonds is 7. The minimum absolute atomic E-state index is 0.395. The van der Waals surface area contributed by atoms with Crippen molar-refractivity contribution in [3.05, 3.63) is 65.7 Å². The van der Waals surface area contributed by atoms with Crippen molar-refractivity contribution in [1.29, 1.82) is 0 Å². The summed E-state index contributed by atoms with van der Waals surface area (Å²) in [5.74, 6) is -1.11. The molecule has 110 valence electrons. The lowest BCUT2D eigenvalue weighted by atomic mass is 10.1. The number of anilines is 1. The van der Waals surface area contributed by atoms with Crippen LogP contribution in [-0.2, 0) is 17.6 Å². The Morgan fingerprint density at radius 2 is 1.71 bits per heavy atom. The molecule has 0 saturated carbocycles. The molecule has 21 heavy (non-hydrogen) atoms. The summed E-state index contributed by atoms with van der Waals surface area (Å²) in [7, 11) is 0. The van der Waals surface area contributed by atoms with Crippen molar-refractivity contribution in [2.24, 2.45) is 0 Å². The van der Waals surface area contributed by atoms with Crippen LogP contribution in [0.1, 0.15) is 11.1 Å². The number of carbonyl (C=O) groups excluding carboxylic acids is 1. The van der Waals surface area contributed by atoms with Crippen molar-refractivity contribution < 1.29 is 15.6 Å². The zero-order valence-electron chi connectivity index (χ0n) is 11.9. The normalized spacial score (nSPS) is 11.9. The Morgan fingerprint density at radius 3 is 2.33 bits per heavy atom. The van der Waals surface area contributed by atoms with E-state index in [9.17, 15) is 9.90 Å². The topological polar surface area (TPSA) is 79.8 Å². The van der Waals surface area contributed by atoms with Crippen LogP contribution in [-0.4, -0.2) is 18.6 Å². The Balaban J connectivity index is 1.81. The van der Waals surface area contributed by atoms with Gasteiger partial charge in [-0.25, -0.2) is 0 Å². The molecule has 0 aliphatic carbocycles. The summed E-state index contributed by atoms with van der Waals surface area (Å²) < 4.78 is 0. The number of aliphatic carboxylic acids is 1. The number of hydrogen-bond acceptors (Lipinski definition) is 3. The van der Waals surface area contributed by atoms with Crippen molar-refractivity contribution in [1.82, 2.24) is 0 Å². The first-order chi connectivity index (χ1) is 10.1. The quantitative estimate of drug-likeness (QED) is 0.764. The number of hydrogen-bond donors (Lipinski definition) is 2. The molecule has 0 aliphatic heterocycles. The summed E-state index contributed by atoms with van der Waals surface area (Å²) in [5, 5.41) is 14.0. The number of quaternary nitrogens is 1. The van der Waals surface area contributed by atoms with E-state index in [-0.39, 0.29) is 0 Å². The fourth-order valence-electron chi connectivity index (χ4n) is 2.12. The van der Waals surface area contributed by atoms with Gasteiger partial charge in [-0.2, -0.15) is 0 Å². The third-order valence-corrected chi connectivity index (χ3v) is 3.35. The van der Waals surface area contributed by atoms with E-state index in [1.807, 2.05) is 42.5 Å². The van der Waals surface area contributed by atoms with Gasteiger partial charge in [0.25, 0.3) is 0 Å². The maximum atomic E-state index is 10.7. The Bertz CT molecular complexity index is 567. The summed E-state index contributed by atoms with van der Waals surface area (Å²) in [6.45, 7) is 0.861. The average Bonchev–Trinajstić information content (AvgIpc) is 2.50. The molecule has 4 nitrogen and oxygen atoms in total. The molecule has 0 fully saturated rings. The van der Waals surface area contributed by atoms with Gasteiger partial charge in [-0.3, -0.25) is 0 Å². The molecule has 4 N–H and O–H groups in total. The fourth-order valence-corrected chi connectivity index (χ4v) is 2.12. The van der Waals surface area contributed by atoms with Crippen molar-refractivity contribution in [3.63, 3.8) is 0 Å². The lowest BCUT2D eigenvalue weighted by Gasteiger charge is -2.10. The second-order valence-electron chi connectivity index (χ2n) is 5.08. The number of carbonyl (C=O) groups is 1. The minimum atomic E-state index is -1.11. The highest BCUT2D eigenvalue weighted by molar-refractivity contribution is 5.69. The molecule has 0 spiro atoms. The Kier molecular flexibility index (Phi) is 5.35. The number of carboxylic acid groups (broad SMARTS) is 1. The third kappa shape index (κ3) is 4.93. The van der Waals surface area contributed by atoms with E-state index >= 15 is 0 Å². The van der Waals surface area contributed by atoms with E-state index < -0.39 is 12.0 Å². The van der Waals surface area contributed by atoms with Crippen molar-refractivity contribution >= 4 is 11.7 Å². The van der Waals surface area contributed by atoms with Crippen LogP contribution in [0.3, 0.4) is 0 Å². The molecule has 0 amide bonds. The molecule has 0 unspecified atom stereocenters. The molecule has 0 heterocycles. The van der Waals surface area contributed by atoms with Crippen LogP contribution in [0.5, 0.6) is 0 Å². The highest BCUT2D eigenvalue weighted by atomic mass is 16.4. The monoisotopic (exact) mass is 284 g/mol. The molecule has 0 radical (unpaired) electrons. The predicted octanol–water partition coefficient (Wildman–Crippen LogP) is 0.244. The van der Waals surface area contributed by atoms with Gasteiger partial charge < -0.3 is 21.0 Å². The Labute approximate surface area is 124 Å². The van der Waals surface area contributed by atoms with Gasteiger partial charge in [-0.15, -0.1) is 0 Å². The van der Waals surface area contributed by atoms with Gasteiger partial charge >= 0.3 is 0 Å². The van der Waals surface area contributed by atoms with Crippen LogP contribution in [0.25, 0.3) is 0 Å². The summed E-state index contributed by atoms with van der Waals surface area (Å²) >= 11 is 0. The predicted molar refractivity (Wildman–Crippen MR) is 80.5 cm³/mol.